The molecule has 1 fully saturated rings. The summed E-state index contributed by atoms with van der Waals surface area (Å²) in [4.78, 5) is 10.7. The summed E-state index contributed by atoms with van der Waals surface area (Å²) in [6, 6.07) is 0. The van der Waals surface area contributed by atoms with Crippen molar-refractivity contribution in [3.05, 3.63) is 0 Å². The number of hydrogen-bond acceptors (Lipinski definition) is 1. The second-order valence-electron chi connectivity index (χ2n) is 3.88. The van der Waals surface area contributed by atoms with E-state index in [4.69, 9.17) is 5.11 Å². The molecule has 0 saturated heterocycles. The Kier molecular flexibility index (Phi) is 3.57. The Bertz CT molecular complexity index is 146. The van der Waals surface area contributed by atoms with Crippen LogP contribution in [0.4, 0.5) is 0 Å². The molecule has 1 aliphatic carbocycles. The van der Waals surface area contributed by atoms with Crippen LogP contribution < -0.4 is 0 Å². The first-order valence-corrected chi connectivity index (χ1v) is 4.94. The predicted octanol–water partition coefficient (Wildman–Crippen LogP) is 2.68. The van der Waals surface area contributed by atoms with E-state index in [1.54, 1.807) is 0 Å². The Morgan fingerprint density at radius 3 is 2.17 bits per heavy atom. The van der Waals surface area contributed by atoms with Gasteiger partial charge in [0.1, 0.15) is 0 Å². The molecule has 1 aliphatic rings. The van der Waals surface area contributed by atoms with Gasteiger partial charge in [-0.15, -0.1) is 0 Å². The maximum absolute atomic E-state index is 10.7. The van der Waals surface area contributed by atoms with Crippen LogP contribution in [-0.2, 0) is 4.79 Å². The Morgan fingerprint density at radius 2 is 1.75 bits per heavy atom. The molecule has 0 bridgehead atoms. The third-order valence-electron chi connectivity index (χ3n) is 3.00. The van der Waals surface area contributed by atoms with Gasteiger partial charge in [-0.25, -0.2) is 0 Å². The summed E-state index contributed by atoms with van der Waals surface area (Å²) in [5.41, 5.74) is 0. The summed E-state index contributed by atoms with van der Waals surface area (Å²) in [5.74, 6) is -0.324. The van der Waals surface area contributed by atoms with Crippen molar-refractivity contribution in [2.45, 2.75) is 45.4 Å². The first-order chi connectivity index (χ1) is 5.72. The summed E-state index contributed by atoms with van der Waals surface area (Å²) >= 11 is 0. The minimum absolute atomic E-state index is 0.136. The van der Waals surface area contributed by atoms with Gasteiger partial charge >= 0.3 is 5.97 Å². The van der Waals surface area contributed by atoms with Gasteiger partial charge in [-0.2, -0.15) is 0 Å². The Morgan fingerprint density at radius 1 is 1.25 bits per heavy atom. The molecule has 1 rings (SSSR count). The van der Waals surface area contributed by atoms with E-state index in [9.17, 15) is 4.79 Å². The smallest absolute Gasteiger partial charge is 0.306 e. The van der Waals surface area contributed by atoms with Gasteiger partial charge < -0.3 is 5.11 Å². The van der Waals surface area contributed by atoms with Crippen LogP contribution in [0.3, 0.4) is 0 Å². The van der Waals surface area contributed by atoms with Crippen LogP contribution in [0.15, 0.2) is 0 Å². The lowest BCUT2D eigenvalue weighted by Gasteiger charge is -2.17. The van der Waals surface area contributed by atoms with E-state index in [0.29, 0.717) is 5.92 Å². The molecule has 0 heterocycles. The quantitative estimate of drug-likeness (QED) is 0.647. The fourth-order valence-corrected chi connectivity index (χ4v) is 2.01. The average molecular weight is 170 g/mol. The first kappa shape index (κ1) is 9.56. The van der Waals surface area contributed by atoms with Gasteiger partial charge in [-0.05, 0) is 18.8 Å². The van der Waals surface area contributed by atoms with Gasteiger partial charge in [0.25, 0.3) is 0 Å². The molecule has 0 aromatic heterocycles. The van der Waals surface area contributed by atoms with E-state index in [1.165, 1.54) is 25.7 Å². The maximum atomic E-state index is 10.7. The van der Waals surface area contributed by atoms with E-state index in [1.807, 2.05) is 6.92 Å². The van der Waals surface area contributed by atoms with Crippen LogP contribution >= 0.6 is 0 Å². The normalized spacial score (nSPS) is 23.1. The zero-order valence-corrected chi connectivity index (χ0v) is 7.75. The zero-order chi connectivity index (χ0) is 8.97. The largest absolute Gasteiger partial charge is 0.481 e. The Hall–Kier alpha value is -0.530. The highest BCUT2D eigenvalue weighted by molar-refractivity contribution is 5.69. The number of carboxylic acids is 1. The Balaban J connectivity index is 2.42. The summed E-state index contributed by atoms with van der Waals surface area (Å²) in [6.07, 6.45) is 7.27. The maximum Gasteiger partial charge on any atom is 0.306 e. The van der Waals surface area contributed by atoms with Gasteiger partial charge in [-0.3, -0.25) is 4.79 Å². The predicted molar refractivity (Wildman–Crippen MR) is 48.0 cm³/mol. The average Bonchev–Trinajstić information content (AvgIpc) is 2.30. The first-order valence-electron chi connectivity index (χ1n) is 4.94. The lowest BCUT2D eigenvalue weighted by Crippen LogP contribution is -2.19. The standard InChI is InChI=1S/C10H18O2/c1-8(10(11)12)9-6-4-2-3-5-7-9/h8-9H,2-7H2,1H3,(H,11,12)/t8-/m1/s1. The molecule has 1 atom stereocenters. The van der Waals surface area contributed by atoms with Crippen LogP contribution in [0.1, 0.15) is 45.4 Å². The Labute approximate surface area is 74.0 Å². The van der Waals surface area contributed by atoms with E-state index < -0.39 is 5.97 Å². The number of aliphatic carboxylic acids is 1. The molecule has 2 heteroatoms. The molecular weight excluding hydrogens is 152 g/mol. The number of hydrogen-bond donors (Lipinski definition) is 1. The SMILES string of the molecule is C[C@@H](C(=O)O)C1CCCCCC1. The minimum Gasteiger partial charge on any atom is -0.481 e. The fourth-order valence-electron chi connectivity index (χ4n) is 2.01. The highest BCUT2D eigenvalue weighted by atomic mass is 16.4. The van der Waals surface area contributed by atoms with E-state index in [0.717, 1.165) is 12.8 Å². The zero-order valence-electron chi connectivity index (χ0n) is 7.75. The van der Waals surface area contributed by atoms with Crippen molar-refractivity contribution in [3.8, 4) is 0 Å². The molecule has 2 nitrogen and oxygen atoms in total. The number of carboxylic acid groups (broad SMARTS) is 1. The van der Waals surface area contributed by atoms with Gasteiger partial charge in [0, 0.05) is 0 Å². The molecular formula is C10H18O2. The minimum atomic E-state index is -0.623. The molecule has 0 unspecified atom stereocenters. The van der Waals surface area contributed by atoms with E-state index in [2.05, 4.69) is 0 Å². The monoisotopic (exact) mass is 170 g/mol. The highest BCUT2D eigenvalue weighted by Gasteiger charge is 2.23. The van der Waals surface area contributed by atoms with E-state index >= 15 is 0 Å². The summed E-state index contributed by atoms with van der Waals surface area (Å²) in [6.45, 7) is 1.85. The van der Waals surface area contributed by atoms with Crippen LogP contribution in [0.25, 0.3) is 0 Å². The summed E-state index contributed by atoms with van der Waals surface area (Å²) in [7, 11) is 0. The van der Waals surface area contributed by atoms with Crippen molar-refractivity contribution in [2.24, 2.45) is 11.8 Å². The van der Waals surface area contributed by atoms with E-state index in [-0.39, 0.29) is 5.92 Å². The van der Waals surface area contributed by atoms with Crippen molar-refractivity contribution in [1.82, 2.24) is 0 Å². The van der Waals surface area contributed by atoms with Crippen molar-refractivity contribution in [1.29, 1.82) is 0 Å². The molecule has 0 aromatic carbocycles. The second-order valence-corrected chi connectivity index (χ2v) is 3.88. The van der Waals surface area contributed by atoms with Gasteiger partial charge in [0.15, 0.2) is 0 Å². The third kappa shape index (κ3) is 2.50. The molecule has 70 valence electrons. The van der Waals surface area contributed by atoms with Crippen LogP contribution in [-0.4, -0.2) is 11.1 Å². The molecule has 0 aliphatic heterocycles. The van der Waals surface area contributed by atoms with Crippen molar-refractivity contribution >= 4 is 5.97 Å². The summed E-state index contributed by atoms with van der Waals surface area (Å²) in [5, 5.41) is 8.83. The molecule has 0 radical (unpaired) electrons. The third-order valence-corrected chi connectivity index (χ3v) is 3.00. The number of rotatable bonds is 2. The lowest BCUT2D eigenvalue weighted by molar-refractivity contribution is -0.143. The van der Waals surface area contributed by atoms with Gasteiger partial charge in [-0.1, -0.05) is 32.6 Å². The molecule has 0 spiro atoms. The topological polar surface area (TPSA) is 37.3 Å². The van der Waals surface area contributed by atoms with Crippen LogP contribution in [0, 0.1) is 11.8 Å². The molecule has 1 saturated carbocycles. The van der Waals surface area contributed by atoms with Crippen LogP contribution in [0.5, 0.6) is 0 Å². The lowest BCUT2D eigenvalue weighted by atomic mass is 9.88. The van der Waals surface area contributed by atoms with Crippen molar-refractivity contribution in [2.75, 3.05) is 0 Å². The van der Waals surface area contributed by atoms with Gasteiger partial charge in [0.05, 0.1) is 5.92 Å². The second kappa shape index (κ2) is 4.48. The van der Waals surface area contributed by atoms with Gasteiger partial charge in [0.2, 0.25) is 0 Å². The molecule has 0 amide bonds. The highest BCUT2D eigenvalue weighted by Crippen LogP contribution is 2.28. The summed E-state index contributed by atoms with van der Waals surface area (Å²) < 4.78 is 0. The molecule has 1 N–H and O–H groups in total. The van der Waals surface area contributed by atoms with Crippen molar-refractivity contribution in [3.63, 3.8) is 0 Å². The molecule has 0 aromatic rings. The van der Waals surface area contributed by atoms with Crippen LogP contribution in [0.2, 0.25) is 0 Å². The van der Waals surface area contributed by atoms with Crippen molar-refractivity contribution < 1.29 is 9.90 Å². The fraction of sp³-hybridized carbons (Fsp3) is 0.900. The molecule has 12 heavy (non-hydrogen) atoms. The number of carbonyl (C=O) groups is 1.